The summed E-state index contributed by atoms with van der Waals surface area (Å²) in [5.41, 5.74) is -2.05. The number of allylic oxidation sites excluding steroid dienone is 4. The number of esters is 1. The fourth-order valence-corrected chi connectivity index (χ4v) is 8.51. The second-order valence-electron chi connectivity index (χ2n) is 10.4. The first kappa shape index (κ1) is 22.9. The zero-order chi connectivity index (χ0) is 23.0. The van der Waals surface area contributed by atoms with Crippen molar-refractivity contribution >= 4 is 33.5 Å². The summed E-state index contributed by atoms with van der Waals surface area (Å²) >= 11 is 3.97. The Hall–Kier alpha value is -1.31. The van der Waals surface area contributed by atoms with E-state index in [1.807, 2.05) is 19.9 Å². The van der Waals surface area contributed by atoms with Gasteiger partial charge < -0.3 is 14.9 Å². The van der Waals surface area contributed by atoms with Crippen molar-refractivity contribution in [3.8, 4) is 0 Å². The number of aliphatic hydroxyl groups excluding tert-OH is 1. The van der Waals surface area contributed by atoms with Gasteiger partial charge in [0.05, 0.1) is 10.4 Å². The number of alkyl halides is 1. The number of hydrogen-bond donors (Lipinski definition) is 2. The number of rotatable bonds is 3. The van der Waals surface area contributed by atoms with Gasteiger partial charge in [-0.3, -0.25) is 14.4 Å². The number of halogens is 1. The number of fused-ring (bicyclic) bond motifs is 5. The molecular formula is C24H31BrO6. The Bertz CT molecular complexity index is 910. The molecule has 0 heterocycles. The molecule has 0 bridgehead atoms. The Labute approximate surface area is 191 Å². The Kier molecular flexibility index (Phi) is 5.23. The van der Waals surface area contributed by atoms with Crippen molar-refractivity contribution in [2.24, 2.45) is 28.6 Å². The maximum atomic E-state index is 13.1. The second kappa shape index (κ2) is 7.09. The van der Waals surface area contributed by atoms with Gasteiger partial charge in [-0.25, -0.2) is 0 Å². The summed E-state index contributed by atoms with van der Waals surface area (Å²) in [4.78, 5) is 36.4. The molecule has 7 heteroatoms. The van der Waals surface area contributed by atoms with Crippen molar-refractivity contribution in [3.63, 3.8) is 0 Å². The van der Waals surface area contributed by atoms with Crippen molar-refractivity contribution in [3.05, 3.63) is 23.8 Å². The lowest BCUT2D eigenvalue weighted by atomic mass is 9.46. The molecule has 0 saturated heterocycles. The van der Waals surface area contributed by atoms with E-state index in [-0.39, 0.29) is 30.0 Å². The number of carbonyl (C=O) groups excluding carboxylic acids is 3. The van der Waals surface area contributed by atoms with Gasteiger partial charge in [-0.1, -0.05) is 48.4 Å². The van der Waals surface area contributed by atoms with Gasteiger partial charge in [-0.2, -0.15) is 0 Å². The number of aliphatic hydroxyl groups is 2. The van der Waals surface area contributed by atoms with Crippen LogP contribution in [0.4, 0.5) is 0 Å². The number of hydrogen-bond acceptors (Lipinski definition) is 6. The zero-order valence-electron chi connectivity index (χ0n) is 18.5. The van der Waals surface area contributed by atoms with Crippen LogP contribution in [0.1, 0.15) is 53.4 Å². The summed E-state index contributed by atoms with van der Waals surface area (Å²) in [6.45, 7) is 6.60. The number of ether oxygens (including phenoxy) is 1. The quantitative estimate of drug-likeness (QED) is 0.462. The van der Waals surface area contributed by atoms with E-state index in [1.54, 1.807) is 12.2 Å². The van der Waals surface area contributed by atoms with E-state index in [0.29, 0.717) is 6.42 Å². The average Bonchev–Trinajstić information content (AvgIpc) is 2.89. The summed E-state index contributed by atoms with van der Waals surface area (Å²) < 4.78 is 4.24. The van der Waals surface area contributed by atoms with Crippen LogP contribution in [-0.4, -0.2) is 50.4 Å². The highest BCUT2D eigenvalue weighted by atomic mass is 79.9. The van der Waals surface area contributed by atoms with E-state index in [4.69, 9.17) is 4.74 Å². The molecule has 4 aliphatic carbocycles. The SMILES string of the molecule is CC(=O)OCC(=O)[C@@]1(O)C(C)C[C@H]2[C@@H]3CCC4=CC(=O)C=C[C@]4(C)[C@@]3(Br)[C@@H](O)C[C@@]21C. The van der Waals surface area contributed by atoms with Crippen LogP contribution in [0.5, 0.6) is 0 Å². The molecule has 3 saturated carbocycles. The maximum absolute atomic E-state index is 13.1. The van der Waals surface area contributed by atoms with Crippen molar-refractivity contribution < 1.29 is 29.3 Å². The van der Waals surface area contributed by atoms with Crippen LogP contribution < -0.4 is 0 Å². The van der Waals surface area contributed by atoms with Gasteiger partial charge in [-0.15, -0.1) is 0 Å². The van der Waals surface area contributed by atoms with E-state index in [0.717, 1.165) is 18.4 Å². The third-order valence-corrected chi connectivity index (χ3v) is 11.0. The van der Waals surface area contributed by atoms with Gasteiger partial charge >= 0.3 is 5.97 Å². The first-order chi connectivity index (χ1) is 14.3. The van der Waals surface area contributed by atoms with E-state index < -0.39 is 45.2 Å². The Morgan fingerprint density at radius 3 is 2.61 bits per heavy atom. The second-order valence-corrected chi connectivity index (χ2v) is 11.7. The first-order valence-corrected chi connectivity index (χ1v) is 11.8. The molecule has 8 atom stereocenters. The number of carbonyl (C=O) groups is 3. The van der Waals surface area contributed by atoms with E-state index in [2.05, 4.69) is 22.9 Å². The number of Topliss-reactive ketones (excluding diaryl/α,β-unsaturated/α-hetero) is 1. The highest BCUT2D eigenvalue weighted by molar-refractivity contribution is 9.10. The summed E-state index contributed by atoms with van der Waals surface area (Å²) in [6.07, 6.45) is 6.70. The van der Waals surface area contributed by atoms with Crippen LogP contribution in [0.25, 0.3) is 0 Å². The first-order valence-electron chi connectivity index (χ1n) is 11.0. The van der Waals surface area contributed by atoms with E-state index in [9.17, 15) is 24.6 Å². The normalized spacial score (nSPS) is 48.4. The molecule has 31 heavy (non-hydrogen) atoms. The fourth-order valence-electron chi connectivity index (χ4n) is 7.42. The van der Waals surface area contributed by atoms with Crippen molar-refractivity contribution in [1.29, 1.82) is 0 Å². The third kappa shape index (κ3) is 2.78. The molecule has 0 aliphatic heterocycles. The minimum atomic E-state index is -1.68. The van der Waals surface area contributed by atoms with Gasteiger partial charge in [0.2, 0.25) is 5.78 Å². The molecule has 6 nitrogen and oxygen atoms in total. The predicted octanol–water partition coefficient (Wildman–Crippen LogP) is 2.89. The lowest BCUT2D eigenvalue weighted by Gasteiger charge is -2.64. The van der Waals surface area contributed by atoms with Crippen LogP contribution in [0.15, 0.2) is 23.8 Å². The molecule has 0 aromatic carbocycles. The Morgan fingerprint density at radius 2 is 1.97 bits per heavy atom. The molecule has 4 aliphatic rings. The van der Waals surface area contributed by atoms with Crippen LogP contribution in [0.2, 0.25) is 0 Å². The topological polar surface area (TPSA) is 101 Å². The fraction of sp³-hybridized carbons (Fsp3) is 0.708. The van der Waals surface area contributed by atoms with Crippen LogP contribution in [-0.2, 0) is 19.1 Å². The van der Waals surface area contributed by atoms with E-state index in [1.165, 1.54) is 6.92 Å². The lowest BCUT2D eigenvalue weighted by molar-refractivity contribution is -0.181. The molecule has 1 unspecified atom stereocenters. The molecule has 0 spiro atoms. The van der Waals surface area contributed by atoms with Crippen molar-refractivity contribution in [1.82, 2.24) is 0 Å². The molecular weight excluding hydrogens is 464 g/mol. The monoisotopic (exact) mass is 494 g/mol. The molecule has 4 rings (SSSR count). The Balaban J connectivity index is 1.76. The summed E-state index contributed by atoms with van der Waals surface area (Å²) in [7, 11) is 0. The molecule has 0 aromatic heterocycles. The predicted molar refractivity (Wildman–Crippen MR) is 117 cm³/mol. The van der Waals surface area contributed by atoms with Crippen LogP contribution >= 0.6 is 15.9 Å². The molecule has 0 aromatic rings. The molecule has 2 N–H and O–H groups in total. The van der Waals surface area contributed by atoms with Gasteiger partial charge in [0, 0.05) is 17.8 Å². The largest absolute Gasteiger partial charge is 0.458 e. The molecule has 0 amide bonds. The third-order valence-electron chi connectivity index (χ3n) is 9.05. The van der Waals surface area contributed by atoms with Gasteiger partial charge in [0.25, 0.3) is 0 Å². The molecule has 170 valence electrons. The maximum Gasteiger partial charge on any atom is 0.303 e. The highest BCUT2D eigenvalue weighted by Crippen LogP contribution is 2.71. The van der Waals surface area contributed by atoms with Crippen LogP contribution in [0, 0.1) is 28.6 Å². The average molecular weight is 495 g/mol. The standard InChI is InChI=1S/C24H31BrO6/c1-13-9-18-17-6-5-15-10-16(27)7-8-21(15,3)23(17,25)19(28)11-22(18,4)24(13,30)20(29)12-31-14(2)26/h7-8,10,13,17-19,28,30H,5-6,9,11-12H2,1-4H3/t13?,17-,18-,19-,21-,22-,23-,24-/m0/s1. The molecule has 0 radical (unpaired) electrons. The summed E-state index contributed by atoms with van der Waals surface area (Å²) in [5, 5.41) is 23.3. The van der Waals surface area contributed by atoms with Crippen LogP contribution in [0.3, 0.4) is 0 Å². The molecule has 3 fully saturated rings. The Morgan fingerprint density at radius 1 is 1.29 bits per heavy atom. The van der Waals surface area contributed by atoms with Crippen molar-refractivity contribution in [2.75, 3.05) is 6.61 Å². The summed E-state index contributed by atoms with van der Waals surface area (Å²) in [6, 6.07) is 0. The number of ketones is 2. The van der Waals surface area contributed by atoms with Gasteiger partial charge in [-0.05, 0) is 55.6 Å². The summed E-state index contributed by atoms with van der Waals surface area (Å²) in [5.74, 6) is -1.44. The highest BCUT2D eigenvalue weighted by Gasteiger charge is 2.74. The zero-order valence-corrected chi connectivity index (χ0v) is 20.1. The smallest absolute Gasteiger partial charge is 0.303 e. The minimum absolute atomic E-state index is 0.000692. The van der Waals surface area contributed by atoms with Crippen molar-refractivity contribution in [2.45, 2.75) is 69.4 Å². The minimum Gasteiger partial charge on any atom is -0.458 e. The lowest BCUT2D eigenvalue weighted by Crippen LogP contribution is -2.68. The van der Waals surface area contributed by atoms with Gasteiger partial charge in [0.1, 0.15) is 5.60 Å². The van der Waals surface area contributed by atoms with E-state index >= 15 is 0 Å². The van der Waals surface area contributed by atoms with Gasteiger partial charge in [0.15, 0.2) is 12.4 Å².